The summed E-state index contributed by atoms with van der Waals surface area (Å²) in [5.74, 6) is -0.351. The molecule has 0 fully saturated rings. The molecule has 0 saturated heterocycles. The zero-order valence-electron chi connectivity index (χ0n) is 10.5. The molecule has 0 aliphatic heterocycles. The molecule has 1 atom stereocenters. The fraction of sp³-hybridized carbons (Fsp3) is 0.462. The van der Waals surface area contributed by atoms with Gasteiger partial charge < -0.3 is 16.2 Å². The van der Waals surface area contributed by atoms with E-state index in [0.717, 1.165) is 12.1 Å². The van der Waals surface area contributed by atoms with E-state index in [-0.39, 0.29) is 5.56 Å². The smallest absolute Gasteiger partial charge is 0.335 e. The van der Waals surface area contributed by atoms with Gasteiger partial charge in [-0.15, -0.1) is 0 Å². The largest absolute Gasteiger partial charge is 0.478 e. The van der Waals surface area contributed by atoms with Crippen molar-refractivity contribution in [3.63, 3.8) is 0 Å². The van der Waals surface area contributed by atoms with Crippen LogP contribution in [0.2, 0.25) is 0 Å². The maximum atomic E-state index is 10.8. The quantitative estimate of drug-likeness (QED) is 0.687. The lowest BCUT2D eigenvalue weighted by Gasteiger charge is -2.18. The Bertz CT molecular complexity index is 402. The van der Waals surface area contributed by atoms with E-state index >= 15 is 0 Å². The van der Waals surface area contributed by atoms with E-state index in [9.17, 15) is 4.79 Å². The van der Waals surface area contributed by atoms with E-state index in [2.05, 4.69) is 26.1 Å². The first-order chi connectivity index (χ1) is 7.90. The molecule has 1 aromatic rings. The topological polar surface area (TPSA) is 75.3 Å². The van der Waals surface area contributed by atoms with Crippen LogP contribution in [0.15, 0.2) is 18.2 Å². The Morgan fingerprint density at radius 2 is 2.06 bits per heavy atom. The van der Waals surface area contributed by atoms with Crippen molar-refractivity contribution in [2.75, 3.05) is 11.1 Å². The van der Waals surface area contributed by atoms with Crippen molar-refractivity contribution in [3.8, 4) is 0 Å². The van der Waals surface area contributed by atoms with Gasteiger partial charge in [0.2, 0.25) is 0 Å². The second-order valence-corrected chi connectivity index (χ2v) is 4.78. The minimum Gasteiger partial charge on any atom is -0.478 e. The van der Waals surface area contributed by atoms with Crippen molar-refractivity contribution < 1.29 is 9.90 Å². The van der Waals surface area contributed by atoms with Crippen molar-refractivity contribution in [1.82, 2.24) is 0 Å². The number of carboxylic acid groups (broad SMARTS) is 1. The number of carboxylic acids is 1. The van der Waals surface area contributed by atoms with Crippen LogP contribution < -0.4 is 11.1 Å². The molecule has 94 valence electrons. The predicted molar refractivity (Wildman–Crippen MR) is 70.4 cm³/mol. The van der Waals surface area contributed by atoms with Gasteiger partial charge >= 0.3 is 5.97 Å². The van der Waals surface area contributed by atoms with Gasteiger partial charge in [-0.3, -0.25) is 0 Å². The zero-order chi connectivity index (χ0) is 13.0. The number of nitrogens with two attached hydrogens (primary N) is 1. The van der Waals surface area contributed by atoms with Gasteiger partial charge in [0, 0.05) is 6.04 Å². The van der Waals surface area contributed by atoms with Gasteiger partial charge in [0.1, 0.15) is 0 Å². The van der Waals surface area contributed by atoms with Gasteiger partial charge in [0.15, 0.2) is 0 Å². The molecule has 4 nitrogen and oxygen atoms in total. The van der Waals surface area contributed by atoms with Crippen LogP contribution in [0.25, 0.3) is 0 Å². The Balaban J connectivity index is 2.75. The Morgan fingerprint density at radius 3 is 2.53 bits per heavy atom. The van der Waals surface area contributed by atoms with Gasteiger partial charge in [-0.05, 0) is 37.5 Å². The van der Waals surface area contributed by atoms with E-state index in [1.807, 2.05) is 0 Å². The number of nitrogen functional groups attached to an aromatic ring is 1. The Morgan fingerprint density at radius 1 is 1.41 bits per heavy atom. The molecule has 0 bridgehead atoms. The van der Waals surface area contributed by atoms with Crippen LogP contribution in [0.3, 0.4) is 0 Å². The molecule has 0 aliphatic rings. The summed E-state index contributed by atoms with van der Waals surface area (Å²) < 4.78 is 0. The molecule has 0 spiro atoms. The molecule has 17 heavy (non-hydrogen) atoms. The van der Waals surface area contributed by atoms with E-state index in [1.54, 1.807) is 12.1 Å². The molecular weight excluding hydrogens is 216 g/mol. The number of aromatic carboxylic acids is 1. The number of hydrogen-bond donors (Lipinski definition) is 3. The summed E-state index contributed by atoms with van der Waals surface area (Å²) in [6.07, 6.45) is 1.04. The lowest BCUT2D eigenvalue weighted by Crippen LogP contribution is -2.18. The Kier molecular flexibility index (Phi) is 4.37. The first-order valence-electron chi connectivity index (χ1n) is 5.79. The predicted octanol–water partition coefficient (Wildman–Crippen LogP) is 2.81. The van der Waals surface area contributed by atoms with Gasteiger partial charge in [0.05, 0.1) is 16.9 Å². The number of benzene rings is 1. The van der Waals surface area contributed by atoms with Gasteiger partial charge in [0.25, 0.3) is 0 Å². The van der Waals surface area contributed by atoms with Gasteiger partial charge in [-0.1, -0.05) is 13.8 Å². The highest BCUT2D eigenvalue weighted by Gasteiger charge is 2.09. The van der Waals surface area contributed by atoms with Crippen molar-refractivity contribution in [1.29, 1.82) is 0 Å². The van der Waals surface area contributed by atoms with E-state index in [4.69, 9.17) is 10.8 Å². The van der Waals surface area contributed by atoms with Crippen molar-refractivity contribution in [3.05, 3.63) is 23.8 Å². The molecule has 0 aliphatic carbocycles. The summed E-state index contributed by atoms with van der Waals surface area (Å²) in [7, 11) is 0. The fourth-order valence-corrected chi connectivity index (χ4v) is 1.86. The molecule has 0 heterocycles. The van der Waals surface area contributed by atoms with Crippen LogP contribution in [0.1, 0.15) is 37.6 Å². The van der Waals surface area contributed by atoms with Crippen molar-refractivity contribution in [2.45, 2.75) is 33.2 Å². The third-order valence-electron chi connectivity index (χ3n) is 2.53. The highest BCUT2D eigenvalue weighted by Crippen LogP contribution is 2.22. The standard InChI is InChI=1S/C13H20N2O2/c1-8(2)6-9(3)15-12-5-4-10(13(16)17)7-11(12)14/h4-5,7-9,15H,6,14H2,1-3H3,(H,16,17). The first-order valence-corrected chi connectivity index (χ1v) is 5.79. The van der Waals surface area contributed by atoms with Crippen LogP contribution in [-0.2, 0) is 0 Å². The minimum atomic E-state index is -0.960. The van der Waals surface area contributed by atoms with Crippen LogP contribution in [0.5, 0.6) is 0 Å². The number of nitrogens with one attached hydrogen (secondary N) is 1. The molecule has 0 aromatic heterocycles. The summed E-state index contributed by atoms with van der Waals surface area (Å²) in [4.78, 5) is 10.8. The highest BCUT2D eigenvalue weighted by atomic mass is 16.4. The second kappa shape index (κ2) is 5.57. The fourth-order valence-electron chi connectivity index (χ4n) is 1.86. The average Bonchev–Trinajstić information content (AvgIpc) is 2.19. The minimum absolute atomic E-state index is 0.213. The third kappa shape index (κ3) is 3.98. The summed E-state index contributed by atoms with van der Waals surface area (Å²) in [5.41, 5.74) is 7.29. The lowest BCUT2D eigenvalue weighted by atomic mass is 10.0. The molecule has 4 N–H and O–H groups in total. The van der Waals surface area contributed by atoms with E-state index in [1.165, 1.54) is 6.07 Å². The molecule has 1 unspecified atom stereocenters. The molecule has 0 saturated carbocycles. The summed E-state index contributed by atoms with van der Waals surface area (Å²) >= 11 is 0. The molecule has 0 amide bonds. The summed E-state index contributed by atoms with van der Waals surface area (Å²) in [6.45, 7) is 6.41. The molecule has 1 aromatic carbocycles. The number of hydrogen-bond acceptors (Lipinski definition) is 3. The molecule has 1 rings (SSSR count). The number of anilines is 2. The first kappa shape index (κ1) is 13.4. The number of rotatable bonds is 5. The van der Waals surface area contributed by atoms with E-state index in [0.29, 0.717) is 17.6 Å². The Labute approximate surface area is 102 Å². The average molecular weight is 236 g/mol. The summed E-state index contributed by atoms with van der Waals surface area (Å²) in [5, 5.41) is 12.1. The third-order valence-corrected chi connectivity index (χ3v) is 2.53. The van der Waals surface area contributed by atoms with Gasteiger partial charge in [-0.25, -0.2) is 4.79 Å². The normalized spacial score (nSPS) is 12.5. The SMILES string of the molecule is CC(C)CC(C)Nc1ccc(C(=O)O)cc1N. The van der Waals surface area contributed by atoms with E-state index < -0.39 is 5.97 Å². The highest BCUT2D eigenvalue weighted by molar-refractivity contribution is 5.90. The molecular formula is C13H20N2O2. The van der Waals surface area contributed by atoms with Crippen LogP contribution in [-0.4, -0.2) is 17.1 Å². The molecule has 0 radical (unpaired) electrons. The zero-order valence-corrected chi connectivity index (χ0v) is 10.5. The van der Waals surface area contributed by atoms with Crippen molar-refractivity contribution >= 4 is 17.3 Å². The van der Waals surface area contributed by atoms with Crippen LogP contribution in [0, 0.1) is 5.92 Å². The van der Waals surface area contributed by atoms with Crippen molar-refractivity contribution in [2.24, 2.45) is 5.92 Å². The Hall–Kier alpha value is -1.71. The van der Waals surface area contributed by atoms with Crippen LogP contribution >= 0.6 is 0 Å². The maximum absolute atomic E-state index is 10.8. The summed E-state index contributed by atoms with van der Waals surface area (Å²) in [6, 6.07) is 5.07. The molecule has 4 heteroatoms. The van der Waals surface area contributed by atoms with Crippen LogP contribution in [0.4, 0.5) is 11.4 Å². The maximum Gasteiger partial charge on any atom is 0.335 e. The number of carbonyl (C=O) groups is 1. The van der Waals surface area contributed by atoms with Gasteiger partial charge in [-0.2, -0.15) is 0 Å². The monoisotopic (exact) mass is 236 g/mol. The lowest BCUT2D eigenvalue weighted by molar-refractivity contribution is 0.0697. The second-order valence-electron chi connectivity index (χ2n) is 4.78.